The van der Waals surface area contributed by atoms with Crippen LogP contribution in [0.5, 0.6) is 0 Å². The molecule has 0 amide bonds. The highest BCUT2D eigenvalue weighted by Gasteiger charge is 2.31. The summed E-state index contributed by atoms with van der Waals surface area (Å²) in [6.07, 6.45) is -5.21. The molecule has 0 saturated carbocycles. The van der Waals surface area contributed by atoms with Gasteiger partial charge in [-0.2, -0.15) is 13.2 Å². The lowest BCUT2D eigenvalue weighted by molar-refractivity contribution is -0.138. The second kappa shape index (κ2) is 3.65. The molecular formula is C9H13F3N2. The molecule has 14 heavy (non-hydrogen) atoms. The van der Waals surface area contributed by atoms with Gasteiger partial charge in [0.05, 0.1) is 12.5 Å². The van der Waals surface area contributed by atoms with Crippen LogP contribution in [0.4, 0.5) is 13.2 Å². The zero-order valence-corrected chi connectivity index (χ0v) is 8.07. The first kappa shape index (κ1) is 11.1. The van der Waals surface area contributed by atoms with E-state index in [1.165, 1.54) is 0 Å². The van der Waals surface area contributed by atoms with E-state index < -0.39 is 18.6 Å². The molecule has 0 unspecified atom stereocenters. The Kier molecular flexibility index (Phi) is 2.89. The number of halogens is 3. The molecule has 1 aromatic rings. The quantitative estimate of drug-likeness (QED) is 0.767. The molecule has 0 bridgehead atoms. The topological polar surface area (TPSA) is 41.8 Å². The summed E-state index contributed by atoms with van der Waals surface area (Å²) in [5, 5.41) is 0. The monoisotopic (exact) mass is 206 g/mol. The number of H-pyrrole nitrogens is 1. The fourth-order valence-corrected chi connectivity index (χ4v) is 1.49. The third-order valence-electron chi connectivity index (χ3n) is 2.01. The summed E-state index contributed by atoms with van der Waals surface area (Å²) >= 11 is 0. The minimum absolute atomic E-state index is 0.472. The van der Waals surface area contributed by atoms with Crippen molar-refractivity contribution in [1.29, 1.82) is 0 Å². The van der Waals surface area contributed by atoms with Crippen molar-refractivity contribution in [2.75, 3.05) is 0 Å². The van der Waals surface area contributed by atoms with E-state index in [-0.39, 0.29) is 0 Å². The highest BCUT2D eigenvalue weighted by atomic mass is 19.4. The molecule has 0 aliphatic rings. The average molecular weight is 206 g/mol. The molecular weight excluding hydrogens is 193 g/mol. The number of alkyl halides is 3. The Labute approximate surface area is 80.3 Å². The Hall–Kier alpha value is -0.970. The Morgan fingerprint density at radius 3 is 2.36 bits per heavy atom. The van der Waals surface area contributed by atoms with Gasteiger partial charge >= 0.3 is 6.18 Å². The number of hydrogen-bond acceptors (Lipinski definition) is 1. The zero-order valence-electron chi connectivity index (χ0n) is 8.07. The molecule has 3 N–H and O–H groups in total. The number of hydrogen-bond donors (Lipinski definition) is 2. The fraction of sp³-hybridized carbons (Fsp3) is 0.556. The van der Waals surface area contributed by atoms with E-state index in [1.54, 1.807) is 19.9 Å². The highest BCUT2D eigenvalue weighted by Crippen LogP contribution is 2.28. The van der Waals surface area contributed by atoms with Gasteiger partial charge in [0.2, 0.25) is 0 Å². The molecule has 1 rings (SSSR count). The van der Waals surface area contributed by atoms with E-state index >= 15 is 0 Å². The first-order chi connectivity index (χ1) is 6.29. The molecule has 1 atom stereocenters. The van der Waals surface area contributed by atoms with Gasteiger partial charge in [-0.1, -0.05) is 0 Å². The lowest BCUT2D eigenvalue weighted by atomic mass is 10.1. The fourth-order valence-electron chi connectivity index (χ4n) is 1.49. The van der Waals surface area contributed by atoms with E-state index in [0.29, 0.717) is 5.69 Å². The smallest absolute Gasteiger partial charge is 0.361 e. The van der Waals surface area contributed by atoms with E-state index in [0.717, 1.165) is 11.3 Å². The van der Waals surface area contributed by atoms with Crippen LogP contribution in [0.15, 0.2) is 6.07 Å². The molecule has 5 heteroatoms. The van der Waals surface area contributed by atoms with Gasteiger partial charge in [0.15, 0.2) is 0 Å². The average Bonchev–Trinajstić information content (AvgIpc) is 2.26. The van der Waals surface area contributed by atoms with Crippen LogP contribution in [-0.2, 0) is 0 Å². The predicted molar refractivity (Wildman–Crippen MR) is 47.9 cm³/mol. The van der Waals surface area contributed by atoms with Gasteiger partial charge in [-0.05, 0) is 25.5 Å². The van der Waals surface area contributed by atoms with Crippen molar-refractivity contribution in [2.24, 2.45) is 5.73 Å². The van der Waals surface area contributed by atoms with Gasteiger partial charge in [0, 0.05) is 11.4 Å². The number of aromatic nitrogens is 1. The van der Waals surface area contributed by atoms with E-state index in [1.807, 2.05) is 0 Å². The summed E-state index contributed by atoms with van der Waals surface area (Å²) in [6, 6.07) is 0.787. The summed E-state index contributed by atoms with van der Waals surface area (Å²) in [7, 11) is 0. The SMILES string of the molecule is Cc1cc(C)c([C@@H](N)CC(F)(F)F)[nH]1. The molecule has 0 aliphatic carbocycles. The number of rotatable bonds is 2. The first-order valence-electron chi connectivity index (χ1n) is 4.28. The maximum Gasteiger partial charge on any atom is 0.390 e. The first-order valence-corrected chi connectivity index (χ1v) is 4.28. The van der Waals surface area contributed by atoms with Crippen LogP contribution < -0.4 is 5.73 Å². The summed E-state index contributed by atoms with van der Waals surface area (Å²) in [6.45, 7) is 3.53. The van der Waals surface area contributed by atoms with Crippen LogP contribution in [0.3, 0.4) is 0 Å². The molecule has 0 fully saturated rings. The van der Waals surface area contributed by atoms with Gasteiger partial charge in [0.25, 0.3) is 0 Å². The second-order valence-corrected chi connectivity index (χ2v) is 3.47. The van der Waals surface area contributed by atoms with Crippen LogP contribution >= 0.6 is 0 Å². The van der Waals surface area contributed by atoms with Crippen LogP contribution in [0.2, 0.25) is 0 Å². The van der Waals surface area contributed by atoms with Gasteiger partial charge in [-0.15, -0.1) is 0 Å². The summed E-state index contributed by atoms with van der Waals surface area (Å²) in [4.78, 5) is 2.84. The van der Waals surface area contributed by atoms with Crippen molar-refractivity contribution < 1.29 is 13.2 Å². The number of aryl methyl sites for hydroxylation is 2. The minimum Gasteiger partial charge on any atom is -0.361 e. The second-order valence-electron chi connectivity index (χ2n) is 3.47. The summed E-state index contributed by atoms with van der Waals surface area (Å²) < 4.78 is 36.1. The van der Waals surface area contributed by atoms with Crippen LogP contribution in [0.25, 0.3) is 0 Å². The molecule has 0 spiro atoms. The Balaban J connectivity index is 2.79. The van der Waals surface area contributed by atoms with Crippen molar-refractivity contribution in [3.63, 3.8) is 0 Å². The maximum atomic E-state index is 12.0. The lowest BCUT2D eigenvalue weighted by Gasteiger charge is -2.13. The molecule has 0 saturated heterocycles. The Morgan fingerprint density at radius 2 is 2.00 bits per heavy atom. The molecule has 2 nitrogen and oxygen atoms in total. The molecule has 0 radical (unpaired) electrons. The van der Waals surface area contributed by atoms with Crippen molar-refractivity contribution in [2.45, 2.75) is 32.5 Å². The third-order valence-corrected chi connectivity index (χ3v) is 2.01. The summed E-state index contributed by atoms with van der Waals surface area (Å²) in [5.74, 6) is 0. The summed E-state index contributed by atoms with van der Waals surface area (Å²) in [5.41, 5.74) is 7.52. The minimum atomic E-state index is -4.22. The zero-order chi connectivity index (χ0) is 10.9. The molecule has 1 heterocycles. The maximum absolute atomic E-state index is 12.0. The predicted octanol–water partition coefficient (Wildman–Crippen LogP) is 2.58. The number of aromatic amines is 1. The standard InChI is InChI=1S/C9H13F3N2/c1-5-3-6(2)14-8(5)7(13)4-9(10,11)12/h3,7,14H,4,13H2,1-2H3/t7-/m0/s1. The Bertz CT molecular complexity index is 314. The van der Waals surface area contributed by atoms with Crippen molar-refractivity contribution >= 4 is 0 Å². The van der Waals surface area contributed by atoms with E-state index in [2.05, 4.69) is 4.98 Å². The van der Waals surface area contributed by atoms with Gasteiger partial charge < -0.3 is 10.7 Å². The highest BCUT2D eigenvalue weighted by molar-refractivity contribution is 5.26. The normalized spacial score (nSPS) is 14.4. The number of nitrogens with two attached hydrogens (primary N) is 1. The van der Waals surface area contributed by atoms with Crippen LogP contribution in [-0.4, -0.2) is 11.2 Å². The molecule has 0 aromatic carbocycles. The van der Waals surface area contributed by atoms with Crippen LogP contribution in [0, 0.1) is 13.8 Å². The molecule has 80 valence electrons. The van der Waals surface area contributed by atoms with Crippen molar-refractivity contribution in [1.82, 2.24) is 4.98 Å². The van der Waals surface area contributed by atoms with Crippen molar-refractivity contribution in [3.8, 4) is 0 Å². The molecule has 0 aliphatic heterocycles. The van der Waals surface area contributed by atoms with E-state index in [4.69, 9.17) is 5.73 Å². The van der Waals surface area contributed by atoms with Gasteiger partial charge in [-0.3, -0.25) is 0 Å². The van der Waals surface area contributed by atoms with E-state index in [9.17, 15) is 13.2 Å². The third kappa shape index (κ3) is 2.77. The van der Waals surface area contributed by atoms with Gasteiger partial charge in [0.1, 0.15) is 0 Å². The lowest BCUT2D eigenvalue weighted by Crippen LogP contribution is -2.21. The van der Waals surface area contributed by atoms with Gasteiger partial charge in [-0.25, -0.2) is 0 Å². The van der Waals surface area contributed by atoms with Crippen molar-refractivity contribution in [3.05, 3.63) is 23.0 Å². The molecule has 1 aromatic heterocycles. The Morgan fingerprint density at radius 1 is 1.43 bits per heavy atom. The van der Waals surface area contributed by atoms with Crippen LogP contribution in [0.1, 0.15) is 29.4 Å². The largest absolute Gasteiger partial charge is 0.390 e. The number of nitrogens with one attached hydrogen (secondary N) is 1.